The Morgan fingerprint density at radius 1 is 1.43 bits per heavy atom. The zero-order valence-corrected chi connectivity index (χ0v) is 14.8. The average Bonchev–Trinajstić information content (AvgIpc) is 2.60. The number of thioether (sulfide) groups is 1. The summed E-state index contributed by atoms with van der Waals surface area (Å²) in [6.45, 7) is 4.12. The van der Waals surface area contributed by atoms with Crippen molar-refractivity contribution in [2.45, 2.75) is 50.3 Å². The van der Waals surface area contributed by atoms with E-state index < -0.39 is 0 Å². The van der Waals surface area contributed by atoms with E-state index in [1.807, 2.05) is 26.0 Å². The Balaban J connectivity index is 1.97. The molecule has 0 heterocycles. The first-order valence-corrected chi connectivity index (χ1v) is 9.43. The van der Waals surface area contributed by atoms with Crippen LogP contribution in [0.25, 0.3) is 0 Å². The molecule has 0 saturated heterocycles. The van der Waals surface area contributed by atoms with Crippen molar-refractivity contribution in [2.24, 2.45) is 11.8 Å². The van der Waals surface area contributed by atoms with E-state index in [0.717, 1.165) is 24.2 Å². The lowest BCUT2D eigenvalue weighted by molar-refractivity contribution is -0.144. The summed E-state index contributed by atoms with van der Waals surface area (Å²) in [6, 6.07) is 10.6. The van der Waals surface area contributed by atoms with Crippen LogP contribution in [0.2, 0.25) is 0 Å². The van der Waals surface area contributed by atoms with Gasteiger partial charge >= 0.3 is 5.97 Å². The van der Waals surface area contributed by atoms with Gasteiger partial charge in [-0.05, 0) is 50.3 Å². The lowest BCUT2D eigenvalue weighted by Crippen LogP contribution is -2.20. The smallest absolute Gasteiger partial charge is 0.313 e. The van der Waals surface area contributed by atoms with Crippen LogP contribution < -0.4 is 0 Å². The standard InChI is InChI=1S/C19H25NO2S/c1-3-22-19(21)14(2)15-9-6-10-18(11-15)23-13-17-8-5-4-7-16(17)12-20/h6,9-11,14,16-17H,3-5,7-8,13H2,1-2H3. The Morgan fingerprint density at radius 3 is 2.96 bits per heavy atom. The van der Waals surface area contributed by atoms with Gasteiger partial charge in [-0.1, -0.05) is 25.0 Å². The van der Waals surface area contributed by atoms with E-state index in [0.29, 0.717) is 12.5 Å². The van der Waals surface area contributed by atoms with Crippen LogP contribution in [-0.2, 0) is 9.53 Å². The highest BCUT2D eigenvalue weighted by molar-refractivity contribution is 7.99. The fourth-order valence-electron chi connectivity index (χ4n) is 3.06. The molecule has 1 aliphatic carbocycles. The van der Waals surface area contributed by atoms with E-state index in [4.69, 9.17) is 4.74 Å². The monoisotopic (exact) mass is 331 g/mol. The second-order valence-electron chi connectivity index (χ2n) is 6.14. The summed E-state index contributed by atoms with van der Waals surface area (Å²) in [5, 5.41) is 9.28. The van der Waals surface area contributed by atoms with Crippen LogP contribution in [-0.4, -0.2) is 18.3 Å². The molecule has 1 saturated carbocycles. The summed E-state index contributed by atoms with van der Waals surface area (Å²) in [5.41, 5.74) is 0.994. The van der Waals surface area contributed by atoms with Gasteiger partial charge in [-0.3, -0.25) is 4.79 Å². The lowest BCUT2D eigenvalue weighted by atomic mass is 9.81. The Labute approximate surface area is 143 Å². The number of rotatable bonds is 6. The van der Waals surface area contributed by atoms with E-state index in [9.17, 15) is 10.1 Å². The van der Waals surface area contributed by atoms with E-state index in [-0.39, 0.29) is 17.8 Å². The number of nitrogens with zero attached hydrogens (tertiary/aromatic N) is 1. The van der Waals surface area contributed by atoms with Crippen molar-refractivity contribution in [2.75, 3.05) is 12.4 Å². The zero-order chi connectivity index (χ0) is 16.7. The van der Waals surface area contributed by atoms with Crippen molar-refractivity contribution in [3.8, 4) is 6.07 Å². The Hall–Kier alpha value is -1.47. The fourth-order valence-corrected chi connectivity index (χ4v) is 4.26. The molecule has 1 aromatic carbocycles. The maximum absolute atomic E-state index is 11.9. The maximum Gasteiger partial charge on any atom is 0.313 e. The molecule has 23 heavy (non-hydrogen) atoms. The quantitative estimate of drug-likeness (QED) is 0.556. The van der Waals surface area contributed by atoms with Gasteiger partial charge in [-0.15, -0.1) is 11.8 Å². The number of hydrogen-bond donors (Lipinski definition) is 0. The number of carbonyl (C=O) groups excluding carboxylic acids is 1. The van der Waals surface area contributed by atoms with Crippen molar-refractivity contribution in [1.82, 2.24) is 0 Å². The van der Waals surface area contributed by atoms with Gasteiger partial charge in [0.15, 0.2) is 0 Å². The molecule has 0 bridgehead atoms. The second kappa shape index (κ2) is 8.98. The van der Waals surface area contributed by atoms with Crippen molar-refractivity contribution in [3.63, 3.8) is 0 Å². The molecule has 1 fully saturated rings. The van der Waals surface area contributed by atoms with Crippen LogP contribution in [0.5, 0.6) is 0 Å². The normalized spacial score (nSPS) is 22.1. The summed E-state index contributed by atoms with van der Waals surface area (Å²) in [7, 11) is 0. The van der Waals surface area contributed by atoms with Crippen LogP contribution >= 0.6 is 11.8 Å². The molecule has 3 nitrogen and oxygen atoms in total. The van der Waals surface area contributed by atoms with Crippen molar-refractivity contribution >= 4 is 17.7 Å². The molecule has 3 unspecified atom stereocenters. The number of nitriles is 1. The van der Waals surface area contributed by atoms with Gasteiger partial charge in [-0.2, -0.15) is 5.26 Å². The number of esters is 1. The van der Waals surface area contributed by atoms with E-state index in [1.165, 1.54) is 17.7 Å². The first-order valence-electron chi connectivity index (χ1n) is 8.44. The van der Waals surface area contributed by atoms with E-state index in [2.05, 4.69) is 18.2 Å². The lowest BCUT2D eigenvalue weighted by Gasteiger charge is -2.26. The molecule has 4 heteroatoms. The Kier molecular flexibility index (Phi) is 6.98. The number of hydrogen-bond acceptors (Lipinski definition) is 4. The summed E-state index contributed by atoms with van der Waals surface area (Å²) in [4.78, 5) is 13.0. The third kappa shape index (κ3) is 5.00. The minimum atomic E-state index is -0.239. The van der Waals surface area contributed by atoms with Gasteiger partial charge in [0.1, 0.15) is 0 Å². The van der Waals surface area contributed by atoms with E-state index >= 15 is 0 Å². The highest BCUT2D eigenvalue weighted by Crippen LogP contribution is 2.34. The first kappa shape index (κ1) is 17.9. The SMILES string of the molecule is CCOC(=O)C(C)c1cccc(SCC2CCCCC2C#N)c1. The van der Waals surface area contributed by atoms with Gasteiger partial charge in [0.2, 0.25) is 0 Å². The van der Waals surface area contributed by atoms with Gasteiger partial charge in [0.25, 0.3) is 0 Å². The molecule has 0 amide bonds. The Bertz CT molecular complexity index is 567. The highest BCUT2D eigenvalue weighted by atomic mass is 32.2. The number of ether oxygens (including phenoxy) is 1. The molecule has 3 atom stereocenters. The van der Waals surface area contributed by atoms with Crippen LogP contribution in [0, 0.1) is 23.2 Å². The summed E-state index contributed by atoms with van der Waals surface area (Å²) < 4.78 is 5.10. The molecular formula is C19H25NO2S. The predicted molar refractivity (Wildman–Crippen MR) is 93.3 cm³/mol. The molecule has 0 spiro atoms. The molecule has 0 N–H and O–H groups in total. The minimum Gasteiger partial charge on any atom is -0.466 e. The number of benzene rings is 1. The topological polar surface area (TPSA) is 50.1 Å². The van der Waals surface area contributed by atoms with E-state index in [1.54, 1.807) is 11.8 Å². The molecule has 2 rings (SSSR count). The third-order valence-corrected chi connectivity index (χ3v) is 5.72. The van der Waals surface area contributed by atoms with Crippen molar-refractivity contribution in [3.05, 3.63) is 29.8 Å². The van der Waals surface area contributed by atoms with Gasteiger partial charge < -0.3 is 4.74 Å². The van der Waals surface area contributed by atoms with Gasteiger partial charge in [0.05, 0.1) is 18.6 Å². The van der Waals surface area contributed by atoms with Crippen molar-refractivity contribution < 1.29 is 9.53 Å². The van der Waals surface area contributed by atoms with Gasteiger partial charge in [-0.25, -0.2) is 0 Å². The van der Waals surface area contributed by atoms with Crippen LogP contribution in [0.4, 0.5) is 0 Å². The molecule has 0 aliphatic heterocycles. The minimum absolute atomic E-state index is 0.175. The average molecular weight is 331 g/mol. The molecule has 124 valence electrons. The second-order valence-corrected chi connectivity index (χ2v) is 7.23. The molecular weight excluding hydrogens is 306 g/mol. The fraction of sp³-hybridized carbons (Fsp3) is 0.579. The molecule has 0 radical (unpaired) electrons. The zero-order valence-electron chi connectivity index (χ0n) is 14.0. The molecule has 1 aliphatic rings. The van der Waals surface area contributed by atoms with Crippen LogP contribution in [0.1, 0.15) is 51.0 Å². The van der Waals surface area contributed by atoms with Crippen LogP contribution in [0.3, 0.4) is 0 Å². The predicted octanol–water partition coefficient (Wildman–Crippen LogP) is 4.78. The van der Waals surface area contributed by atoms with Crippen molar-refractivity contribution in [1.29, 1.82) is 5.26 Å². The number of carbonyl (C=O) groups is 1. The first-order chi connectivity index (χ1) is 11.2. The highest BCUT2D eigenvalue weighted by Gasteiger charge is 2.25. The molecule has 1 aromatic rings. The maximum atomic E-state index is 11.9. The third-order valence-electron chi connectivity index (χ3n) is 4.54. The molecule has 0 aromatic heterocycles. The largest absolute Gasteiger partial charge is 0.466 e. The van der Waals surface area contributed by atoms with Gasteiger partial charge in [0, 0.05) is 16.6 Å². The Morgan fingerprint density at radius 2 is 2.22 bits per heavy atom. The van der Waals surface area contributed by atoms with Crippen LogP contribution in [0.15, 0.2) is 29.2 Å². The summed E-state index contributed by atoms with van der Waals surface area (Å²) in [5.74, 6) is 1.27. The summed E-state index contributed by atoms with van der Waals surface area (Å²) >= 11 is 1.80. The summed E-state index contributed by atoms with van der Waals surface area (Å²) in [6.07, 6.45) is 4.63.